The van der Waals surface area contributed by atoms with Crippen LogP contribution in [0.4, 0.5) is 0 Å². The zero-order valence-electron chi connectivity index (χ0n) is 15.6. The second-order valence-electron chi connectivity index (χ2n) is 7.15. The molecule has 0 N–H and O–H groups in total. The largest absolute Gasteiger partial charge is 0.496 e. The van der Waals surface area contributed by atoms with Gasteiger partial charge in [0.15, 0.2) is 5.78 Å². The molecule has 1 saturated heterocycles. The summed E-state index contributed by atoms with van der Waals surface area (Å²) >= 11 is 0. The van der Waals surface area contributed by atoms with E-state index < -0.39 is 0 Å². The third-order valence-corrected chi connectivity index (χ3v) is 5.41. The highest BCUT2D eigenvalue weighted by Gasteiger charge is 2.28. The summed E-state index contributed by atoms with van der Waals surface area (Å²) in [6.07, 6.45) is 5.73. The molecule has 1 aliphatic heterocycles. The number of carbonyl (C=O) groups excluding carboxylic acids is 1. The van der Waals surface area contributed by atoms with Crippen LogP contribution in [0.15, 0.2) is 60.9 Å². The van der Waals surface area contributed by atoms with E-state index in [1.165, 1.54) is 10.9 Å². The van der Waals surface area contributed by atoms with Gasteiger partial charge in [0.25, 0.3) is 0 Å². The molecule has 1 aromatic heterocycles. The van der Waals surface area contributed by atoms with E-state index in [0.29, 0.717) is 11.3 Å². The van der Waals surface area contributed by atoms with Crippen molar-refractivity contribution in [2.45, 2.75) is 19.4 Å². The molecule has 1 fully saturated rings. The molecule has 0 saturated carbocycles. The normalized spacial score (nSPS) is 17.7. The molecule has 0 bridgehead atoms. The molecule has 0 amide bonds. The maximum atomic E-state index is 13.1. The SMILES string of the molecule is COc1ccccc1C(=O)C1CCCN(Cc2cccc3cnccc23)C1. The summed E-state index contributed by atoms with van der Waals surface area (Å²) in [6.45, 7) is 2.67. The molecule has 4 nitrogen and oxygen atoms in total. The molecule has 3 aromatic rings. The molecule has 4 rings (SSSR count). The summed E-state index contributed by atoms with van der Waals surface area (Å²) in [5.41, 5.74) is 1.99. The number of hydrogen-bond acceptors (Lipinski definition) is 4. The number of para-hydroxylation sites is 1. The first-order valence-electron chi connectivity index (χ1n) is 9.47. The predicted molar refractivity (Wildman–Crippen MR) is 107 cm³/mol. The Bertz CT molecular complexity index is 949. The number of Topliss-reactive ketones (excluding diaryl/α,β-unsaturated/α-hetero) is 1. The number of methoxy groups -OCH3 is 1. The Balaban J connectivity index is 1.52. The number of ether oxygens (including phenoxy) is 1. The molecule has 2 aromatic carbocycles. The molecule has 0 spiro atoms. The van der Waals surface area contributed by atoms with Crippen molar-refractivity contribution in [3.8, 4) is 5.75 Å². The third kappa shape index (κ3) is 3.71. The van der Waals surface area contributed by atoms with Crippen LogP contribution in [0.1, 0.15) is 28.8 Å². The second-order valence-corrected chi connectivity index (χ2v) is 7.15. The van der Waals surface area contributed by atoms with Crippen LogP contribution in [0.2, 0.25) is 0 Å². The van der Waals surface area contributed by atoms with Crippen LogP contribution in [0.3, 0.4) is 0 Å². The predicted octanol–water partition coefficient (Wildman–Crippen LogP) is 4.34. The lowest BCUT2D eigenvalue weighted by atomic mass is 9.89. The van der Waals surface area contributed by atoms with Gasteiger partial charge in [-0.05, 0) is 48.5 Å². The maximum Gasteiger partial charge on any atom is 0.170 e. The van der Waals surface area contributed by atoms with Crippen molar-refractivity contribution in [2.24, 2.45) is 5.92 Å². The fraction of sp³-hybridized carbons (Fsp3) is 0.304. The number of nitrogens with zero attached hydrogens (tertiary/aromatic N) is 2. The Hall–Kier alpha value is -2.72. The summed E-state index contributed by atoms with van der Waals surface area (Å²) in [7, 11) is 1.62. The minimum absolute atomic E-state index is 0.0201. The van der Waals surface area contributed by atoms with Crippen molar-refractivity contribution in [1.29, 1.82) is 0 Å². The van der Waals surface area contributed by atoms with E-state index in [9.17, 15) is 4.79 Å². The Morgan fingerprint density at radius 1 is 1.19 bits per heavy atom. The highest BCUT2D eigenvalue weighted by Crippen LogP contribution is 2.28. The van der Waals surface area contributed by atoms with Gasteiger partial charge in [-0.3, -0.25) is 14.7 Å². The molecular weight excluding hydrogens is 336 g/mol. The van der Waals surface area contributed by atoms with Crippen LogP contribution in [0, 0.1) is 5.92 Å². The highest BCUT2D eigenvalue weighted by atomic mass is 16.5. The van der Waals surface area contributed by atoms with E-state index in [2.05, 4.69) is 34.1 Å². The number of piperidine rings is 1. The van der Waals surface area contributed by atoms with E-state index in [4.69, 9.17) is 4.74 Å². The number of rotatable bonds is 5. The van der Waals surface area contributed by atoms with Gasteiger partial charge in [-0.2, -0.15) is 0 Å². The minimum Gasteiger partial charge on any atom is -0.496 e. The highest BCUT2D eigenvalue weighted by molar-refractivity contribution is 6.00. The summed E-state index contributed by atoms with van der Waals surface area (Å²) in [6, 6.07) is 16.0. The smallest absolute Gasteiger partial charge is 0.170 e. The maximum absolute atomic E-state index is 13.1. The monoisotopic (exact) mass is 360 g/mol. The third-order valence-electron chi connectivity index (χ3n) is 5.41. The standard InChI is InChI=1S/C23H24N2O2/c1-27-22-10-3-2-9-21(22)23(26)19-8-5-13-25(16-19)15-18-7-4-6-17-14-24-12-11-20(17)18/h2-4,6-7,9-12,14,19H,5,8,13,15-16H2,1H3. The van der Waals surface area contributed by atoms with Gasteiger partial charge in [0.1, 0.15) is 5.75 Å². The van der Waals surface area contributed by atoms with Crippen LogP contribution in [0.25, 0.3) is 10.8 Å². The molecule has 2 heterocycles. The molecular formula is C23H24N2O2. The Kier molecular flexibility index (Phi) is 5.16. The average Bonchev–Trinajstić information content (AvgIpc) is 2.73. The quantitative estimate of drug-likeness (QED) is 0.635. The zero-order valence-corrected chi connectivity index (χ0v) is 15.6. The second kappa shape index (κ2) is 7.89. The van der Waals surface area contributed by atoms with Crippen LogP contribution < -0.4 is 4.74 Å². The van der Waals surface area contributed by atoms with Crippen molar-refractivity contribution in [3.05, 3.63) is 72.1 Å². The minimum atomic E-state index is 0.0201. The summed E-state index contributed by atoms with van der Waals surface area (Å²) in [5, 5.41) is 2.40. The van der Waals surface area contributed by atoms with E-state index in [0.717, 1.165) is 37.9 Å². The number of aromatic nitrogens is 1. The van der Waals surface area contributed by atoms with Gasteiger partial charge in [0, 0.05) is 36.8 Å². The first-order chi connectivity index (χ1) is 13.3. The van der Waals surface area contributed by atoms with E-state index in [1.807, 2.05) is 36.7 Å². The zero-order chi connectivity index (χ0) is 18.6. The number of carbonyl (C=O) groups is 1. The molecule has 27 heavy (non-hydrogen) atoms. The molecule has 138 valence electrons. The van der Waals surface area contributed by atoms with Crippen molar-refractivity contribution in [3.63, 3.8) is 0 Å². The Morgan fingerprint density at radius 2 is 2.07 bits per heavy atom. The van der Waals surface area contributed by atoms with Gasteiger partial charge < -0.3 is 4.74 Å². The fourth-order valence-electron chi connectivity index (χ4n) is 4.05. The van der Waals surface area contributed by atoms with Gasteiger partial charge >= 0.3 is 0 Å². The summed E-state index contributed by atoms with van der Waals surface area (Å²) in [4.78, 5) is 19.7. The first kappa shape index (κ1) is 17.7. The van der Waals surface area contributed by atoms with Crippen molar-refractivity contribution < 1.29 is 9.53 Å². The van der Waals surface area contributed by atoms with Crippen molar-refractivity contribution in [1.82, 2.24) is 9.88 Å². The molecule has 1 aliphatic rings. The van der Waals surface area contributed by atoms with Gasteiger partial charge in [-0.1, -0.05) is 30.3 Å². The molecule has 1 atom stereocenters. The van der Waals surface area contributed by atoms with Gasteiger partial charge in [0.2, 0.25) is 0 Å². The number of fused-ring (bicyclic) bond motifs is 1. The number of ketones is 1. The van der Waals surface area contributed by atoms with Crippen LogP contribution in [-0.4, -0.2) is 35.9 Å². The topological polar surface area (TPSA) is 42.4 Å². The molecule has 0 aliphatic carbocycles. The summed E-state index contributed by atoms with van der Waals surface area (Å²) in [5.74, 6) is 0.882. The number of benzene rings is 2. The van der Waals surface area contributed by atoms with Gasteiger partial charge in [-0.25, -0.2) is 0 Å². The number of pyridine rings is 1. The lowest BCUT2D eigenvalue weighted by molar-refractivity contribution is 0.0809. The Morgan fingerprint density at radius 3 is 2.96 bits per heavy atom. The van der Waals surface area contributed by atoms with Gasteiger partial charge in [-0.15, -0.1) is 0 Å². The van der Waals surface area contributed by atoms with Crippen LogP contribution in [0.5, 0.6) is 5.75 Å². The van der Waals surface area contributed by atoms with E-state index >= 15 is 0 Å². The lowest BCUT2D eigenvalue weighted by Crippen LogP contribution is -2.38. The fourth-order valence-corrected chi connectivity index (χ4v) is 4.05. The van der Waals surface area contributed by atoms with Crippen LogP contribution in [-0.2, 0) is 6.54 Å². The molecule has 4 heteroatoms. The van der Waals surface area contributed by atoms with Crippen LogP contribution >= 0.6 is 0 Å². The molecule has 0 radical (unpaired) electrons. The number of likely N-dealkylation sites (tertiary alicyclic amines) is 1. The van der Waals surface area contributed by atoms with Crippen molar-refractivity contribution in [2.75, 3.05) is 20.2 Å². The summed E-state index contributed by atoms with van der Waals surface area (Å²) < 4.78 is 5.39. The number of hydrogen-bond donors (Lipinski definition) is 0. The van der Waals surface area contributed by atoms with Gasteiger partial charge in [0.05, 0.1) is 12.7 Å². The van der Waals surface area contributed by atoms with E-state index in [-0.39, 0.29) is 11.7 Å². The first-order valence-corrected chi connectivity index (χ1v) is 9.47. The molecule has 1 unspecified atom stereocenters. The Labute approximate surface area is 159 Å². The van der Waals surface area contributed by atoms with Crippen molar-refractivity contribution >= 4 is 16.6 Å². The lowest BCUT2D eigenvalue weighted by Gasteiger charge is -2.32. The van der Waals surface area contributed by atoms with E-state index in [1.54, 1.807) is 7.11 Å². The average molecular weight is 360 g/mol.